The number of nitrogens with one attached hydrogen (secondary N) is 1. The van der Waals surface area contributed by atoms with Crippen molar-refractivity contribution in [3.8, 4) is 11.8 Å². The van der Waals surface area contributed by atoms with Crippen LogP contribution in [0.15, 0.2) is 18.2 Å². The second-order valence-electron chi connectivity index (χ2n) is 3.79. The molecule has 0 spiro atoms. The highest BCUT2D eigenvalue weighted by atomic mass is 35.5. The number of carbonyl (C=O) groups is 1. The Labute approximate surface area is 112 Å². The first kappa shape index (κ1) is 14.4. The van der Waals surface area contributed by atoms with Gasteiger partial charge in [-0.15, -0.1) is 0 Å². The Bertz CT molecular complexity index is 489. The molecule has 96 valence electrons. The number of aliphatic hydroxyl groups is 1. The predicted octanol–water partition coefficient (Wildman–Crippen LogP) is 2.17. The summed E-state index contributed by atoms with van der Waals surface area (Å²) < 4.78 is 0. The Hall–Kier alpha value is -1.70. The number of anilines is 1. The zero-order valence-electron chi connectivity index (χ0n) is 10.3. The zero-order valence-corrected chi connectivity index (χ0v) is 11.1. The minimum atomic E-state index is -0.248. The second-order valence-corrected chi connectivity index (χ2v) is 4.23. The minimum absolute atomic E-state index is 0.0139. The molecule has 0 unspecified atom stereocenters. The van der Waals surface area contributed by atoms with Crippen LogP contribution < -0.4 is 5.32 Å². The van der Waals surface area contributed by atoms with Gasteiger partial charge in [-0.2, -0.15) is 0 Å². The standard InChI is InChI=1S/C13H15ClN2O2/c1-16(2)13(18)15-12-9-11(14)7-6-10(12)5-3-4-8-17/h6-7,9,17H,4,8H2,1-2H3,(H,15,18). The summed E-state index contributed by atoms with van der Waals surface area (Å²) in [5.41, 5.74) is 1.23. The molecule has 0 aliphatic carbocycles. The van der Waals surface area contributed by atoms with Crippen molar-refractivity contribution >= 4 is 23.3 Å². The quantitative estimate of drug-likeness (QED) is 0.806. The van der Waals surface area contributed by atoms with Gasteiger partial charge in [0.1, 0.15) is 0 Å². The van der Waals surface area contributed by atoms with Crippen molar-refractivity contribution in [3.63, 3.8) is 0 Å². The number of urea groups is 1. The lowest BCUT2D eigenvalue weighted by molar-refractivity contribution is 0.230. The topological polar surface area (TPSA) is 52.6 Å². The average Bonchev–Trinajstić information content (AvgIpc) is 2.32. The molecule has 0 fully saturated rings. The summed E-state index contributed by atoms with van der Waals surface area (Å²) in [4.78, 5) is 13.0. The molecule has 4 nitrogen and oxygen atoms in total. The molecule has 0 radical (unpaired) electrons. The van der Waals surface area contributed by atoms with Crippen LogP contribution in [0, 0.1) is 11.8 Å². The van der Waals surface area contributed by atoms with Crippen LogP contribution in [0.25, 0.3) is 0 Å². The van der Waals surface area contributed by atoms with Gasteiger partial charge < -0.3 is 15.3 Å². The van der Waals surface area contributed by atoms with Gasteiger partial charge in [0.2, 0.25) is 0 Å². The van der Waals surface area contributed by atoms with Crippen LogP contribution in [0.1, 0.15) is 12.0 Å². The largest absolute Gasteiger partial charge is 0.395 e. The van der Waals surface area contributed by atoms with Gasteiger partial charge in [0.05, 0.1) is 12.3 Å². The van der Waals surface area contributed by atoms with Gasteiger partial charge in [0, 0.05) is 31.1 Å². The maximum absolute atomic E-state index is 11.6. The molecule has 0 atom stereocenters. The third kappa shape index (κ3) is 4.28. The fraction of sp³-hybridized carbons (Fsp3) is 0.308. The van der Waals surface area contributed by atoms with Crippen molar-refractivity contribution in [1.82, 2.24) is 4.90 Å². The highest BCUT2D eigenvalue weighted by molar-refractivity contribution is 6.31. The van der Waals surface area contributed by atoms with E-state index in [1.807, 2.05) is 0 Å². The van der Waals surface area contributed by atoms with E-state index in [0.717, 1.165) is 0 Å². The summed E-state index contributed by atoms with van der Waals surface area (Å²) in [5, 5.41) is 11.9. The van der Waals surface area contributed by atoms with Gasteiger partial charge in [0.25, 0.3) is 0 Å². The maximum Gasteiger partial charge on any atom is 0.321 e. The smallest absolute Gasteiger partial charge is 0.321 e. The SMILES string of the molecule is CN(C)C(=O)Nc1cc(Cl)ccc1C#CCCO. The van der Waals surface area contributed by atoms with E-state index in [-0.39, 0.29) is 12.6 Å². The molecule has 2 amide bonds. The number of amides is 2. The second kappa shape index (κ2) is 6.90. The van der Waals surface area contributed by atoms with Gasteiger partial charge in [-0.3, -0.25) is 0 Å². The van der Waals surface area contributed by atoms with Crippen LogP contribution in [-0.2, 0) is 0 Å². The fourth-order valence-corrected chi connectivity index (χ4v) is 1.34. The van der Waals surface area contributed by atoms with Crippen LogP contribution in [0.2, 0.25) is 5.02 Å². The van der Waals surface area contributed by atoms with Crippen molar-refractivity contribution in [2.45, 2.75) is 6.42 Å². The van der Waals surface area contributed by atoms with Gasteiger partial charge >= 0.3 is 6.03 Å². The first-order valence-corrected chi connectivity index (χ1v) is 5.80. The Morgan fingerprint density at radius 1 is 1.50 bits per heavy atom. The highest BCUT2D eigenvalue weighted by Crippen LogP contribution is 2.20. The van der Waals surface area contributed by atoms with Crippen LogP contribution in [0.5, 0.6) is 0 Å². The van der Waals surface area contributed by atoms with E-state index in [1.54, 1.807) is 32.3 Å². The molecular weight excluding hydrogens is 252 g/mol. The molecule has 1 aromatic rings. The number of aliphatic hydroxyl groups excluding tert-OH is 1. The van der Waals surface area contributed by atoms with Crippen LogP contribution in [0.4, 0.5) is 10.5 Å². The number of hydrogen-bond acceptors (Lipinski definition) is 2. The van der Waals surface area contributed by atoms with Crippen molar-refractivity contribution in [3.05, 3.63) is 28.8 Å². The van der Waals surface area contributed by atoms with E-state index in [9.17, 15) is 4.79 Å². The number of hydrogen-bond donors (Lipinski definition) is 2. The average molecular weight is 267 g/mol. The van der Waals surface area contributed by atoms with Gasteiger partial charge in [0.15, 0.2) is 0 Å². The summed E-state index contributed by atoms with van der Waals surface area (Å²) in [6.45, 7) is 0.0139. The molecule has 0 saturated heterocycles. The molecule has 18 heavy (non-hydrogen) atoms. The Morgan fingerprint density at radius 3 is 2.83 bits per heavy atom. The lowest BCUT2D eigenvalue weighted by Gasteiger charge is -2.13. The minimum Gasteiger partial charge on any atom is -0.395 e. The molecule has 1 aromatic carbocycles. The zero-order chi connectivity index (χ0) is 13.5. The molecule has 1 rings (SSSR count). The van der Waals surface area contributed by atoms with E-state index in [4.69, 9.17) is 16.7 Å². The highest BCUT2D eigenvalue weighted by Gasteiger charge is 2.07. The van der Waals surface area contributed by atoms with E-state index in [2.05, 4.69) is 17.2 Å². The number of benzene rings is 1. The van der Waals surface area contributed by atoms with Crippen molar-refractivity contribution < 1.29 is 9.90 Å². The van der Waals surface area contributed by atoms with Crippen LogP contribution >= 0.6 is 11.6 Å². The predicted molar refractivity (Wildman–Crippen MR) is 72.7 cm³/mol. The molecule has 0 aliphatic rings. The Balaban J connectivity index is 2.98. The summed E-state index contributed by atoms with van der Waals surface area (Å²) in [5.74, 6) is 5.69. The third-order valence-electron chi connectivity index (χ3n) is 2.09. The van der Waals surface area contributed by atoms with E-state index in [0.29, 0.717) is 22.7 Å². The third-order valence-corrected chi connectivity index (χ3v) is 2.32. The molecule has 0 bridgehead atoms. The van der Waals surface area contributed by atoms with Crippen LogP contribution in [0.3, 0.4) is 0 Å². The fourth-order valence-electron chi connectivity index (χ4n) is 1.17. The van der Waals surface area contributed by atoms with Crippen molar-refractivity contribution in [1.29, 1.82) is 0 Å². The number of halogens is 1. The Morgan fingerprint density at radius 2 is 2.22 bits per heavy atom. The van der Waals surface area contributed by atoms with E-state index >= 15 is 0 Å². The van der Waals surface area contributed by atoms with Gasteiger partial charge in [-0.05, 0) is 18.2 Å². The number of rotatable bonds is 2. The monoisotopic (exact) mass is 266 g/mol. The molecule has 0 heterocycles. The molecule has 0 aromatic heterocycles. The molecular formula is C13H15ClN2O2. The molecule has 0 saturated carbocycles. The van der Waals surface area contributed by atoms with Gasteiger partial charge in [-0.1, -0.05) is 23.4 Å². The number of nitrogens with zero attached hydrogens (tertiary/aromatic N) is 1. The summed E-state index contributed by atoms with van der Waals surface area (Å²) in [6, 6.07) is 4.84. The molecule has 0 aliphatic heterocycles. The summed E-state index contributed by atoms with van der Waals surface area (Å²) in [6.07, 6.45) is 0.393. The van der Waals surface area contributed by atoms with E-state index in [1.165, 1.54) is 4.90 Å². The molecule has 5 heteroatoms. The summed E-state index contributed by atoms with van der Waals surface area (Å²) in [7, 11) is 3.30. The van der Waals surface area contributed by atoms with Gasteiger partial charge in [-0.25, -0.2) is 4.79 Å². The first-order valence-electron chi connectivity index (χ1n) is 5.42. The Kier molecular flexibility index (Phi) is 5.50. The normalized spacial score (nSPS) is 9.33. The lowest BCUT2D eigenvalue weighted by atomic mass is 10.2. The van der Waals surface area contributed by atoms with Crippen molar-refractivity contribution in [2.75, 3.05) is 26.0 Å². The summed E-state index contributed by atoms with van der Waals surface area (Å²) >= 11 is 5.89. The van der Waals surface area contributed by atoms with Crippen molar-refractivity contribution in [2.24, 2.45) is 0 Å². The molecule has 2 N–H and O–H groups in total. The first-order chi connectivity index (χ1) is 8.54. The van der Waals surface area contributed by atoms with E-state index < -0.39 is 0 Å². The number of carbonyl (C=O) groups excluding carboxylic acids is 1. The lowest BCUT2D eigenvalue weighted by Crippen LogP contribution is -2.27. The van der Waals surface area contributed by atoms with Crippen LogP contribution in [-0.4, -0.2) is 36.7 Å². The maximum atomic E-state index is 11.6.